The molecule has 1 unspecified atom stereocenters. The molecular weight excluding hydrogens is 328 g/mol. The molecule has 0 aromatic heterocycles. The van der Waals surface area contributed by atoms with E-state index >= 15 is 0 Å². The number of halogens is 3. The predicted octanol–water partition coefficient (Wildman–Crippen LogP) is 2.70. The molecule has 0 saturated heterocycles. The van der Waals surface area contributed by atoms with Crippen molar-refractivity contribution in [2.45, 2.75) is 15.3 Å². The van der Waals surface area contributed by atoms with Gasteiger partial charge < -0.3 is 0 Å². The highest BCUT2D eigenvalue weighted by atomic mass is 32.2. The number of thioether (sulfide) groups is 1. The zero-order valence-electron chi connectivity index (χ0n) is 8.99. The third-order valence-corrected chi connectivity index (χ3v) is 4.45. The van der Waals surface area contributed by atoms with E-state index in [0.717, 1.165) is 12.1 Å². The van der Waals surface area contributed by atoms with E-state index in [1.54, 1.807) is 0 Å². The standard InChI is InChI=1S/C8H6F3O5PS2/c9-8(10,11)18-6-3-1-2-4-7(6)19(14,15)16-5-17(12)13/h1-4H,5H2/p+1. The van der Waals surface area contributed by atoms with Gasteiger partial charge in [-0.3, -0.25) is 0 Å². The maximum absolute atomic E-state index is 12.3. The number of hydrogen-bond acceptors (Lipinski definition) is 5. The quantitative estimate of drug-likeness (QED) is 0.506. The second kappa shape index (κ2) is 6.19. The number of hydrogen-bond donors (Lipinski definition) is 1. The Balaban J connectivity index is 3.09. The van der Waals surface area contributed by atoms with Gasteiger partial charge >= 0.3 is 23.7 Å². The van der Waals surface area contributed by atoms with Crippen LogP contribution < -0.4 is 0 Å². The Hall–Kier alpha value is -0.670. The molecule has 0 radical (unpaired) electrons. The molecule has 0 aliphatic carbocycles. The van der Waals surface area contributed by atoms with Gasteiger partial charge in [0, 0.05) is 4.90 Å². The summed E-state index contributed by atoms with van der Waals surface area (Å²) in [6.07, 6.45) is -1.01. The van der Waals surface area contributed by atoms with Crippen LogP contribution in [0.1, 0.15) is 0 Å². The molecule has 0 spiro atoms. The molecule has 5 nitrogen and oxygen atoms in total. The monoisotopic (exact) mass is 335 g/mol. The Morgan fingerprint density at radius 1 is 1.32 bits per heavy atom. The first kappa shape index (κ1) is 16.4. The molecule has 0 aliphatic rings. The fourth-order valence-electron chi connectivity index (χ4n) is 1.04. The van der Waals surface area contributed by atoms with Gasteiger partial charge in [0.15, 0.2) is 0 Å². The van der Waals surface area contributed by atoms with Crippen LogP contribution in [0.4, 0.5) is 13.2 Å². The minimum atomic E-state index is -4.66. The summed E-state index contributed by atoms with van der Waals surface area (Å²) in [7, 11) is -7.40. The molecule has 1 rings (SSSR count). The van der Waals surface area contributed by atoms with Crippen LogP contribution in [-0.4, -0.2) is 25.2 Å². The van der Waals surface area contributed by atoms with Gasteiger partial charge in [-0.15, -0.1) is 0 Å². The van der Waals surface area contributed by atoms with Crippen molar-refractivity contribution < 1.29 is 35.2 Å². The Kier molecular flexibility index (Phi) is 5.34. The molecule has 11 heteroatoms. The molecule has 0 fully saturated rings. The van der Waals surface area contributed by atoms with E-state index in [4.69, 9.17) is 4.89 Å². The van der Waals surface area contributed by atoms with Crippen LogP contribution in [0.3, 0.4) is 0 Å². The average Bonchev–Trinajstić information content (AvgIpc) is 2.25. The first-order chi connectivity index (χ1) is 8.62. The number of benzene rings is 1. The van der Waals surface area contributed by atoms with E-state index in [1.807, 2.05) is 0 Å². The highest BCUT2D eigenvalue weighted by Gasteiger charge is 2.33. The summed E-state index contributed by atoms with van der Waals surface area (Å²) in [5.41, 5.74) is -4.66. The molecule has 1 aromatic carbocycles. The molecule has 19 heavy (non-hydrogen) atoms. The highest BCUT2D eigenvalue weighted by Crippen LogP contribution is 2.40. The minimum Gasteiger partial charge on any atom is -0.213 e. The summed E-state index contributed by atoms with van der Waals surface area (Å²) in [6.45, 7) is 0. The van der Waals surface area contributed by atoms with Crippen LogP contribution in [0, 0.1) is 0 Å². The zero-order valence-corrected chi connectivity index (χ0v) is 11.5. The molecule has 1 aromatic rings. The van der Waals surface area contributed by atoms with Crippen molar-refractivity contribution in [3.8, 4) is 0 Å². The smallest absolute Gasteiger partial charge is 0.213 e. The van der Waals surface area contributed by atoms with Gasteiger partial charge in [-0.1, -0.05) is 12.1 Å². The SMILES string of the molecule is O=[P+](O)COS(=O)(=O)c1ccccc1SC(F)(F)F. The molecule has 0 aliphatic heterocycles. The Morgan fingerprint density at radius 2 is 1.89 bits per heavy atom. The fraction of sp³-hybridized carbons (Fsp3) is 0.250. The van der Waals surface area contributed by atoms with Gasteiger partial charge in [0.2, 0.25) is 0 Å². The molecular formula is C8H7F3O5PS2+. The van der Waals surface area contributed by atoms with Crippen LogP contribution in [0.2, 0.25) is 0 Å². The number of rotatable bonds is 5. The summed E-state index contributed by atoms with van der Waals surface area (Å²) < 4.78 is 74.5. The average molecular weight is 335 g/mol. The molecule has 0 heterocycles. The second-order valence-electron chi connectivity index (χ2n) is 3.05. The lowest BCUT2D eigenvalue weighted by molar-refractivity contribution is -0.0329. The van der Waals surface area contributed by atoms with Crippen molar-refractivity contribution in [2.24, 2.45) is 0 Å². The molecule has 0 bridgehead atoms. The van der Waals surface area contributed by atoms with Crippen LogP contribution in [0.5, 0.6) is 0 Å². The van der Waals surface area contributed by atoms with Crippen molar-refractivity contribution in [3.05, 3.63) is 24.3 Å². The second-order valence-corrected chi connectivity index (χ2v) is 6.70. The summed E-state index contributed by atoms with van der Waals surface area (Å²) in [5, 5.41) is 0. The molecule has 106 valence electrons. The van der Waals surface area contributed by atoms with Gasteiger partial charge in [-0.25, -0.2) is 4.18 Å². The molecule has 0 amide bonds. The zero-order chi connectivity index (χ0) is 14.7. The summed E-state index contributed by atoms with van der Waals surface area (Å²) >= 11 is -0.606. The highest BCUT2D eigenvalue weighted by molar-refractivity contribution is 8.00. The van der Waals surface area contributed by atoms with Gasteiger partial charge in [0.25, 0.3) is 6.35 Å². The van der Waals surface area contributed by atoms with E-state index in [0.29, 0.717) is 0 Å². The lowest BCUT2D eigenvalue weighted by Gasteiger charge is -2.09. The van der Waals surface area contributed by atoms with E-state index in [-0.39, 0.29) is 0 Å². The first-order valence-electron chi connectivity index (χ1n) is 4.49. The lowest BCUT2D eigenvalue weighted by atomic mass is 10.4. The Bertz CT molecular complexity index is 572. The van der Waals surface area contributed by atoms with Crippen molar-refractivity contribution >= 4 is 29.9 Å². The lowest BCUT2D eigenvalue weighted by Crippen LogP contribution is -2.09. The summed E-state index contributed by atoms with van der Waals surface area (Å²) in [6, 6.07) is 4.34. The third kappa shape index (κ3) is 5.45. The summed E-state index contributed by atoms with van der Waals surface area (Å²) in [4.78, 5) is 7.19. The fourth-order valence-corrected chi connectivity index (χ4v) is 3.64. The van der Waals surface area contributed by atoms with Crippen LogP contribution >= 0.6 is 19.8 Å². The van der Waals surface area contributed by atoms with Crippen molar-refractivity contribution in [1.82, 2.24) is 0 Å². The van der Waals surface area contributed by atoms with E-state index in [2.05, 4.69) is 4.18 Å². The maximum Gasteiger partial charge on any atom is 0.535 e. The van der Waals surface area contributed by atoms with E-state index in [1.165, 1.54) is 12.1 Å². The van der Waals surface area contributed by atoms with Crippen LogP contribution in [0.25, 0.3) is 0 Å². The van der Waals surface area contributed by atoms with Crippen molar-refractivity contribution in [1.29, 1.82) is 0 Å². The van der Waals surface area contributed by atoms with Crippen molar-refractivity contribution in [2.75, 3.05) is 6.35 Å². The van der Waals surface area contributed by atoms with Gasteiger partial charge in [-0.2, -0.15) is 26.5 Å². The Labute approximate surface area is 111 Å². The predicted molar refractivity (Wildman–Crippen MR) is 61.3 cm³/mol. The van der Waals surface area contributed by atoms with Crippen LogP contribution in [0.15, 0.2) is 34.1 Å². The molecule has 1 N–H and O–H groups in total. The van der Waals surface area contributed by atoms with Gasteiger partial charge in [0.1, 0.15) is 4.90 Å². The largest absolute Gasteiger partial charge is 0.535 e. The van der Waals surface area contributed by atoms with Crippen molar-refractivity contribution in [3.63, 3.8) is 0 Å². The third-order valence-electron chi connectivity index (χ3n) is 1.66. The topological polar surface area (TPSA) is 80.7 Å². The van der Waals surface area contributed by atoms with E-state index in [9.17, 15) is 26.2 Å². The molecule has 1 atom stereocenters. The minimum absolute atomic E-state index is 0.567. The maximum atomic E-state index is 12.3. The van der Waals surface area contributed by atoms with Gasteiger partial charge in [0.05, 0.1) is 0 Å². The van der Waals surface area contributed by atoms with E-state index < -0.39 is 51.6 Å². The Morgan fingerprint density at radius 3 is 2.42 bits per heavy atom. The van der Waals surface area contributed by atoms with Crippen LogP contribution in [-0.2, 0) is 18.9 Å². The number of alkyl halides is 3. The normalized spacial score (nSPS) is 13.4. The summed E-state index contributed by atoms with van der Waals surface area (Å²) in [5.74, 6) is 0. The first-order valence-corrected chi connectivity index (χ1v) is 8.12. The molecule has 0 saturated carbocycles. The van der Waals surface area contributed by atoms with Gasteiger partial charge in [-0.05, 0) is 28.5 Å².